The number of aryl methyl sites for hydroxylation is 3. The van der Waals surface area contributed by atoms with Crippen LogP contribution in [-0.2, 0) is 19.6 Å². The minimum Gasteiger partial charge on any atom is -0.449 e. The normalized spacial score (nSPS) is 12.5. The molecular weight excluding hydrogens is 392 g/mol. The number of carbonyl (C=O) groups is 2. The molecule has 0 saturated heterocycles. The van der Waals surface area contributed by atoms with Crippen molar-refractivity contribution in [3.63, 3.8) is 0 Å². The number of carbonyl (C=O) groups excluding carboxylic acids is 2. The minimum absolute atomic E-state index is 0.0650. The van der Waals surface area contributed by atoms with Crippen molar-refractivity contribution in [2.75, 3.05) is 19.4 Å². The first-order valence-corrected chi connectivity index (χ1v) is 10.5. The summed E-state index contributed by atoms with van der Waals surface area (Å²) in [6.45, 7) is 7.26. The van der Waals surface area contributed by atoms with E-state index in [1.807, 2.05) is 32.9 Å². The smallest absolute Gasteiger partial charge is 0.338 e. The summed E-state index contributed by atoms with van der Waals surface area (Å²) in [6.07, 6.45) is -1.02. The molecule has 2 aromatic carbocycles. The third-order valence-corrected chi connectivity index (χ3v) is 6.28. The van der Waals surface area contributed by atoms with E-state index in [0.29, 0.717) is 5.69 Å². The van der Waals surface area contributed by atoms with E-state index in [2.05, 4.69) is 5.32 Å². The lowest BCUT2D eigenvalue weighted by Crippen LogP contribution is -2.30. The van der Waals surface area contributed by atoms with Crippen molar-refractivity contribution in [3.8, 4) is 0 Å². The standard InChI is InChI=1S/C21H26N2O5S/c1-13-11-14(2)19(15(3)12-13)22-20(24)16(4)28-21(25)17-7-9-18(10-8-17)29(26,27)23(5)6/h7-12,16H,1-6H3,(H,22,24)/t16-/m1/s1. The number of hydrogen-bond donors (Lipinski definition) is 1. The Hall–Kier alpha value is -2.71. The molecule has 0 heterocycles. The maximum Gasteiger partial charge on any atom is 0.338 e. The molecule has 0 aliphatic carbocycles. The third kappa shape index (κ3) is 5.21. The predicted octanol–water partition coefficient (Wildman–Crippen LogP) is 3.05. The van der Waals surface area contributed by atoms with Gasteiger partial charge in [-0.1, -0.05) is 17.7 Å². The highest BCUT2D eigenvalue weighted by molar-refractivity contribution is 7.89. The van der Waals surface area contributed by atoms with Crippen molar-refractivity contribution in [1.82, 2.24) is 4.31 Å². The molecule has 156 valence electrons. The molecule has 0 aromatic heterocycles. The van der Waals surface area contributed by atoms with Gasteiger partial charge in [-0.2, -0.15) is 0 Å². The second-order valence-electron chi connectivity index (χ2n) is 7.12. The van der Waals surface area contributed by atoms with Crippen molar-refractivity contribution in [1.29, 1.82) is 0 Å². The number of anilines is 1. The van der Waals surface area contributed by atoms with Gasteiger partial charge in [0.25, 0.3) is 5.91 Å². The first-order valence-electron chi connectivity index (χ1n) is 9.05. The van der Waals surface area contributed by atoms with Crippen LogP contribution in [0, 0.1) is 20.8 Å². The van der Waals surface area contributed by atoms with Gasteiger partial charge in [0.05, 0.1) is 10.5 Å². The molecule has 1 amide bonds. The SMILES string of the molecule is Cc1cc(C)c(NC(=O)[C@@H](C)OC(=O)c2ccc(S(=O)(=O)N(C)C)cc2)c(C)c1. The summed E-state index contributed by atoms with van der Waals surface area (Å²) >= 11 is 0. The van der Waals surface area contributed by atoms with Crippen molar-refractivity contribution in [3.05, 3.63) is 58.7 Å². The lowest BCUT2D eigenvalue weighted by Gasteiger charge is -2.17. The van der Waals surface area contributed by atoms with Gasteiger partial charge in [0.1, 0.15) is 0 Å². The molecule has 0 spiro atoms. The number of nitrogens with one attached hydrogen (secondary N) is 1. The van der Waals surface area contributed by atoms with Gasteiger partial charge in [0.15, 0.2) is 6.10 Å². The van der Waals surface area contributed by atoms with Crippen molar-refractivity contribution >= 4 is 27.6 Å². The van der Waals surface area contributed by atoms with E-state index in [1.165, 1.54) is 45.3 Å². The average Bonchev–Trinajstić information content (AvgIpc) is 2.64. The number of ether oxygens (including phenoxy) is 1. The van der Waals surface area contributed by atoms with Gasteiger partial charge in [-0.3, -0.25) is 4.79 Å². The molecule has 1 N–H and O–H groups in total. The number of rotatable bonds is 6. The second kappa shape index (κ2) is 8.75. The summed E-state index contributed by atoms with van der Waals surface area (Å²) in [6, 6.07) is 9.30. The first-order chi connectivity index (χ1) is 13.4. The van der Waals surface area contributed by atoms with Gasteiger partial charge in [0, 0.05) is 19.8 Å². The van der Waals surface area contributed by atoms with Crippen LogP contribution in [0.5, 0.6) is 0 Å². The fraction of sp³-hybridized carbons (Fsp3) is 0.333. The number of nitrogens with zero attached hydrogens (tertiary/aromatic N) is 1. The highest BCUT2D eigenvalue weighted by Gasteiger charge is 2.22. The Bertz CT molecular complexity index is 1000. The quantitative estimate of drug-likeness (QED) is 0.728. The van der Waals surface area contributed by atoms with Crippen LogP contribution >= 0.6 is 0 Å². The van der Waals surface area contributed by atoms with Crippen LogP contribution in [0.25, 0.3) is 0 Å². The van der Waals surface area contributed by atoms with Crippen LogP contribution in [0.2, 0.25) is 0 Å². The van der Waals surface area contributed by atoms with Crippen molar-refractivity contribution in [2.24, 2.45) is 0 Å². The molecule has 0 saturated carbocycles. The molecule has 2 rings (SSSR count). The van der Waals surface area contributed by atoms with Crippen molar-refractivity contribution < 1.29 is 22.7 Å². The molecule has 1 atom stereocenters. The topological polar surface area (TPSA) is 92.8 Å². The number of esters is 1. The Morgan fingerprint density at radius 1 is 1.00 bits per heavy atom. The zero-order valence-electron chi connectivity index (χ0n) is 17.4. The van der Waals surface area contributed by atoms with Crippen LogP contribution < -0.4 is 5.32 Å². The highest BCUT2D eigenvalue weighted by Crippen LogP contribution is 2.22. The molecule has 0 aliphatic heterocycles. The van der Waals surface area contributed by atoms with E-state index in [-0.39, 0.29) is 10.5 Å². The minimum atomic E-state index is -3.58. The fourth-order valence-electron chi connectivity index (χ4n) is 2.86. The molecule has 0 bridgehead atoms. The zero-order valence-corrected chi connectivity index (χ0v) is 18.3. The van der Waals surface area contributed by atoms with Gasteiger partial charge in [-0.15, -0.1) is 0 Å². The molecule has 7 nitrogen and oxygen atoms in total. The fourth-order valence-corrected chi connectivity index (χ4v) is 3.76. The Morgan fingerprint density at radius 3 is 2.00 bits per heavy atom. The van der Waals surface area contributed by atoms with Crippen LogP contribution in [0.3, 0.4) is 0 Å². The number of sulfonamides is 1. The monoisotopic (exact) mass is 418 g/mol. The molecule has 8 heteroatoms. The maximum absolute atomic E-state index is 12.5. The third-order valence-electron chi connectivity index (χ3n) is 4.45. The summed E-state index contributed by atoms with van der Waals surface area (Å²) in [7, 11) is -0.733. The summed E-state index contributed by atoms with van der Waals surface area (Å²) in [5.74, 6) is -1.15. The molecule has 0 aliphatic rings. The number of hydrogen-bond acceptors (Lipinski definition) is 5. The molecule has 0 radical (unpaired) electrons. The molecule has 29 heavy (non-hydrogen) atoms. The van der Waals surface area contributed by atoms with Gasteiger partial charge >= 0.3 is 5.97 Å². The Kier molecular flexibility index (Phi) is 6.81. The lowest BCUT2D eigenvalue weighted by atomic mass is 10.0. The highest BCUT2D eigenvalue weighted by atomic mass is 32.2. The van der Waals surface area contributed by atoms with Crippen molar-refractivity contribution in [2.45, 2.75) is 38.7 Å². The summed E-state index contributed by atoms with van der Waals surface area (Å²) < 4.78 is 30.5. The maximum atomic E-state index is 12.5. The summed E-state index contributed by atoms with van der Waals surface area (Å²) in [5, 5.41) is 2.80. The molecule has 0 fully saturated rings. The van der Waals surface area contributed by atoms with E-state index in [0.717, 1.165) is 21.0 Å². The van der Waals surface area contributed by atoms with E-state index in [1.54, 1.807) is 0 Å². The summed E-state index contributed by atoms with van der Waals surface area (Å²) in [5.41, 5.74) is 3.79. The number of benzene rings is 2. The van der Waals surface area contributed by atoms with Crippen LogP contribution in [-0.4, -0.2) is 44.8 Å². The first kappa shape index (κ1) is 22.6. The Morgan fingerprint density at radius 2 is 1.52 bits per heavy atom. The van der Waals surface area contributed by atoms with Crippen LogP contribution in [0.1, 0.15) is 34.0 Å². The summed E-state index contributed by atoms with van der Waals surface area (Å²) in [4.78, 5) is 24.8. The van der Waals surface area contributed by atoms with Gasteiger partial charge < -0.3 is 10.1 Å². The largest absolute Gasteiger partial charge is 0.449 e. The van der Waals surface area contributed by atoms with E-state index >= 15 is 0 Å². The van der Waals surface area contributed by atoms with E-state index < -0.39 is 28.0 Å². The average molecular weight is 419 g/mol. The van der Waals surface area contributed by atoms with Crippen LogP contribution in [0.15, 0.2) is 41.3 Å². The Balaban J connectivity index is 2.08. The van der Waals surface area contributed by atoms with Gasteiger partial charge in [0.2, 0.25) is 10.0 Å². The molecule has 0 unspecified atom stereocenters. The van der Waals surface area contributed by atoms with E-state index in [9.17, 15) is 18.0 Å². The van der Waals surface area contributed by atoms with E-state index in [4.69, 9.17) is 4.74 Å². The predicted molar refractivity (Wildman–Crippen MR) is 111 cm³/mol. The van der Waals surface area contributed by atoms with Gasteiger partial charge in [-0.25, -0.2) is 17.5 Å². The second-order valence-corrected chi connectivity index (χ2v) is 9.27. The Labute approximate surface area is 171 Å². The van der Waals surface area contributed by atoms with Gasteiger partial charge in [-0.05, 0) is 63.1 Å². The number of amides is 1. The zero-order chi connectivity index (χ0) is 21.9. The molecular formula is C21H26N2O5S. The van der Waals surface area contributed by atoms with Crippen LogP contribution in [0.4, 0.5) is 5.69 Å². The lowest BCUT2D eigenvalue weighted by molar-refractivity contribution is -0.123. The molecule has 2 aromatic rings.